The van der Waals surface area contributed by atoms with Crippen LogP contribution >= 0.6 is 0 Å². The van der Waals surface area contributed by atoms with E-state index in [0.29, 0.717) is 18.2 Å². The standard InChI is InChI=1S/C13H14F2N4O/c1-2-3-10-11(16)12(19-18-10)13(20)17-9-5-4-7(14)6-8(9)15/h4-6H,2-3,16H2,1H3,(H,17,20)(H,18,19). The minimum atomic E-state index is -0.860. The Hall–Kier alpha value is -2.44. The molecule has 0 spiro atoms. The lowest BCUT2D eigenvalue weighted by Gasteiger charge is -2.05. The number of hydrogen-bond donors (Lipinski definition) is 3. The molecule has 0 bridgehead atoms. The van der Waals surface area contributed by atoms with Gasteiger partial charge in [0.25, 0.3) is 5.91 Å². The maximum Gasteiger partial charge on any atom is 0.278 e. The fraction of sp³-hybridized carbons (Fsp3) is 0.231. The molecule has 0 saturated carbocycles. The molecule has 0 aliphatic heterocycles. The van der Waals surface area contributed by atoms with Crippen LogP contribution in [0.5, 0.6) is 0 Å². The number of nitrogen functional groups attached to an aromatic ring is 1. The molecule has 0 aliphatic rings. The van der Waals surface area contributed by atoms with Crippen molar-refractivity contribution in [2.24, 2.45) is 0 Å². The molecule has 1 aromatic carbocycles. The Bertz CT molecular complexity index is 639. The summed E-state index contributed by atoms with van der Waals surface area (Å²) in [6.07, 6.45) is 1.51. The van der Waals surface area contributed by atoms with Crippen molar-refractivity contribution in [3.8, 4) is 0 Å². The first-order chi connectivity index (χ1) is 9.52. The molecule has 1 aromatic heterocycles. The van der Waals surface area contributed by atoms with Crippen LogP contribution < -0.4 is 11.1 Å². The van der Waals surface area contributed by atoms with Crippen molar-refractivity contribution in [2.45, 2.75) is 19.8 Å². The van der Waals surface area contributed by atoms with E-state index in [1.165, 1.54) is 0 Å². The number of aromatic amines is 1. The number of H-pyrrole nitrogens is 1. The van der Waals surface area contributed by atoms with Crippen LogP contribution in [0.3, 0.4) is 0 Å². The van der Waals surface area contributed by atoms with E-state index in [-0.39, 0.29) is 17.1 Å². The highest BCUT2D eigenvalue weighted by molar-refractivity contribution is 6.06. The Morgan fingerprint density at radius 2 is 2.20 bits per heavy atom. The predicted octanol–water partition coefficient (Wildman–Crippen LogP) is 2.47. The van der Waals surface area contributed by atoms with Gasteiger partial charge in [0.15, 0.2) is 5.69 Å². The monoisotopic (exact) mass is 280 g/mol. The number of amides is 1. The Morgan fingerprint density at radius 1 is 1.45 bits per heavy atom. The number of nitrogens with one attached hydrogen (secondary N) is 2. The summed E-state index contributed by atoms with van der Waals surface area (Å²) in [4.78, 5) is 12.0. The minimum absolute atomic E-state index is 0.00262. The zero-order valence-corrected chi connectivity index (χ0v) is 10.8. The van der Waals surface area contributed by atoms with Gasteiger partial charge in [0.2, 0.25) is 0 Å². The molecule has 4 N–H and O–H groups in total. The van der Waals surface area contributed by atoms with Crippen molar-refractivity contribution >= 4 is 17.3 Å². The Balaban J connectivity index is 2.20. The van der Waals surface area contributed by atoms with Crippen LogP contribution in [-0.2, 0) is 6.42 Å². The number of aryl methyl sites for hydroxylation is 1. The van der Waals surface area contributed by atoms with Gasteiger partial charge >= 0.3 is 0 Å². The molecule has 5 nitrogen and oxygen atoms in total. The predicted molar refractivity (Wildman–Crippen MR) is 71.3 cm³/mol. The molecular formula is C13H14F2N4O. The lowest BCUT2D eigenvalue weighted by atomic mass is 10.2. The minimum Gasteiger partial charge on any atom is -0.395 e. The van der Waals surface area contributed by atoms with Crippen molar-refractivity contribution < 1.29 is 13.6 Å². The van der Waals surface area contributed by atoms with Gasteiger partial charge in [0, 0.05) is 6.07 Å². The number of nitrogens with zero attached hydrogens (tertiary/aromatic N) is 1. The highest BCUT2D eigenvalue weighted by Gasteiger charge is 2.18. The Kier molecular flexibility index (Phi) is 3.97. The molecule has 0 fully saturated rings. The molecule has 0 radical (unpaired) electrons. The third-order valence-electron chi connectivity index (χ3n) is 2.78. The van der Waals surface area contributed by atoms with E-state index in [4.69, 9.17) is 5.73 Å². The lowest BCUT2D eigenvalue weighted by molar-refractivity contribution is 0.102. The maximum atomic E-state index is 13.4. The molecule has 2 aromatic rings. The highest BCUT2D eigenvalue weighted by Crippen LogP contribution is 2.19. The molecule has 1 heterocycles. The molecule has 0 atom stereocenters. The summed E-state index contributed by atoms with van der Waals surface area (Å²) < 4.78 is 26.2. The topological polar surface area (TPSA) is 83.8 Å². The van der Waals surface area contributed by atoms with Crippen molar-refractivity contribution in [2.75, 3.05) is 11.1 Å². The van der Waals surface area contributed by atoms with E-state index in [1.807, 2.05) is 6.92 Å². The quantitative estimate of drug-likeness (QED) is 0.804. The number of carbonyl (C=O) groups excluding carboxylic acids is 1. The number of hydrogen-bond acceptors (Lipinski definition) is 3. The lowest BCUT2D eigenvalue weighted by Crippen LogP contribution is -2.15. The summed E-state index contributed by atoms with van der Waals surface area (Å²) in [5.41, 5.74) is 6.57. The number of rotatable bonds is 4. The first-order valence-corrected chi connectivity index (χ1v) is 6.12. The van der Waals surface area contributed by atoms with Crippen molar-refractivity contribution in [3.05, 3.63) is 41.2 Å². The zero-order chi connectivity index (χ0) is 14.7. The SMILES string of the molecule is CCCc1[nH]nc(C(=O)Nc2ccc(F)cc2F)c1N. The fourth-order valence-corrected chi connectivity index (χ4v) is 1.77. The molecule has 2 rings (SSSR count). The van der Waals surface area contributed by atoms with Gasteiger partial charge in [0.1, 0.15) is 11.6 Å². The average molecular weight is 280 g/mol. The number of benzene rings is 1. The average Bonchev–Trinajstić information content (AvgIpc) is 2.75. The van der Waals surface area contributed by atoms with E-state index in [2.05, 4.69) is 15.5 Å². The molecule has 106 valence electrons. The van der Waals surface area contributed by atoms with Crippen LogP contribution in [0.1, 0.15) is 29.5 Å². The largest absolute Gasteiger partial charge is 0.395 e. The van der Waals surface area contributed by atoms with Crippen LogP contribution in [0.4, 0.5) is 20.2 Å². The number of aromatic nitrogens is 2. The van der Waals surface area contributed by atoms with Crippen LogP contribution in [0.15, 0.2) is 18.2 Å². The highest BCUT2D eigenvalue weighted by atomic mass is 19.1. The van der Waals surface area contributed by atoms with Gasteiger partial charge in [-0.15, -0.1) is 0 Å². The number of nitrogens with two attached hydrogens (primary N) is 1. The van der Waals surface area contributed by atoms with E-state index >= 15 is 0 Å². The fourth-order valence-electron chi connectivity index (χ4n) is 1.77. The third-order valence-corrected chi connectivity index (χ3v) is 2.78. The van der Waals surface area contributed by atoms with Crippen LogP contribution in [0.2, 0.25) is 0 Å². The molecule has 0 saturated heterocycles. The van der Waals surface area contributed by atoms with E-state index < -0.39 is 17.5 Å². The van der Waals surface area contributed by atoms with Gasteiger partial charge in [-0.2, -0.15) is 5.10 Å². The van der Waals surface area contributed by atoms with Gasteiger partial charge in [-0.3, -0.25) is 9.89 Å². The molecule has 0 unspecified atom stereocenters. The number of anilines is 2. The van der Waals surface area contributed by atoms with E-state index in [1.54, 1.807) is 0 Å². The molecule has 0 aliphatic carbocycles. The summed E-state index contributed by atoms with van der Waals surface area (Å²) >= 11 is 0. The Labute approximate surface area is 114 Å². The molecule has 7 heteroatoms. The summed E-state index contributed by atoms with van der Waals surface area (Å²) in [7, 11) is 0. The summed E-state index contributed by atoms with van der Waals surface area (Å²) in [5, 5.41) is 8.80. The number of carbonyl (C=O) groups is 1. The van der Waals surface area contributed by atoms with Gasteiger partial charge in [-0.05, 0) is 18.6 Å². The van der Waals surface area contributed by atoms with Crippen molar-refractivity contribution in [1.82, 2.24) is 10.2 Å². The van der Waals surface area contributed by atoms with Crippen molar-refractivity contribution in [3.63, 3.8) is 0 Å². The molecule has 1 amide bonds. The molecule has 20 heavy (non-hydrogen) atoms. The smallest absolute Gasteiger partial charge is 0.278 e. The second-order valence-electron chi connectivity index (χ2n) is 4.29. The summed E-state index contributed by atoms with van der Waals surface area (Å²) in [6.45, 7) is 1.97. The van der Waals surface area contributed by atoms with E-state index in [9.17, 15) is 13.6 Å². The van der Waals surface area contributed by atoms with Gasteiger partial charge in [-0.25, -0.2) is 8.78 Å². The first-order valence-electron chi connectivity index (χ1n) is 6.12. The van der Waals surface area contributed by atoms with Crippen LogP contribution in [0.25, 0.3) is 0 Å². The van der Waals surface area contributed by atoms with Gasteiger partial charge in [0.05, 0.1) is 17.1 Å². The Morgan fingerprint density at radius 3 is 2.85 bits per heavy atom. The third kappa shape index (κ3) is 2.76. The zero-order valence-electron chi connectivity index (χ0n) is 10.8. The summed E-state index contributed by atoms with van der Waals surface area (Å²) in [6, 6.07) is 2.87. The van der Waals surface area contributed by atoms with Crippen LogP contribution in [0, 0.1) is 11.6 Å². The number of halogens is 2. The summed E-state index contributed by atoms with van der Waals surface area (Å²) in [5.74, 6) is -2.22. The normalized spacial score (nSPS) is 10.6. The maximum absolute atomic E-state index is 13.4. The van der Waals surface area contributed by atoms with Gasteiger partial charge < -0.3 is 11.1 Å². The van der Waals surface area contributed by atoms with Crippen LogP contribution in [-0.4, -0.2) is 16.1 Å². The van der Waals surface area contributed by atoms with E-state index in [0.717, 1.165) is 18.6 Å². The first kappa shape index (κ1) is 14.0. The van der Waals surface area contributed by atoms with Crippen molar-refractivity contribution in [1.29, 1.82) is 0 Å². The molecular weight excluding hydrogens is 266 g/mol. The second kappa shape index (κ2) is 5.68. The second-order valence-corrected chi connectivity index (χ2v) is 4.29. The van der Waals surface area contributed by atoms with Gasteiger partial charge in [-0.1, -0.05) is 13.3 Å².